The number of imidazole rings is 1. The van der Waals surface area contributed by atoms with Crippen molar-refractivity contribution in [2.24, 2.45) is 0 Å². The lowest BCUT2D eigenvalue weighted by Gasteiger charge is -2.02. The molecule has 0 bridgehead atoms. The second kappa shape index (κ2) is 3.56. The van der Waals surface area contributed by atoms with E-state index in [1.165, 1.54) is 12.4 Å². The third-order valence-electron chi connectivity index (χ3n) is 1.90. The monoisotopic (exact) mass is 239 g/mol. The summed E-state index contributed by atoms with van der Waals surface area (Å²) in [5.41, 5.74) is 5.90. The molecule has 0 saturated heterocycles. The zero-order chi connectivity index (χ0) is 11.8. The summed E-state index contributed by atoms with van der Waals surface area (Å²) in [7, 11) is -3.55. The lowest BCUT2D eigenvalue weighted by Crippen LogP contribution is -2.10. The summed E-state index contributed by atoms with van der Waals surface area (Å²) in [5, 5.41) is -0.146. The molecule has 0 aliphatic heterocycles. The fourth-order valence-electron chi connectivity index (χ4n) is 1.28. The SMILES string of the molecule is C=CCS(=O)(=O)c1nc(N)nc2nc[nH]c12. The molecule has 0 spiro atoms. The molecule has 0 saturated carbocycles. The van der Waals surface area contributed by atoms with Crippen LogP contribution in [0, 0.1) is 0 Å². The maximum Gasteiger partial charge on any atom is 0.223 e. The summed E-state index contributed by atoms with van der Waals surface area (Å²) in [5.74, 6) is -0.334. The summed E-state index contributed by atoms with van der Waals surface area (Å²) in [6, 6.07) is 0. The van der Waals surface area contributed by atoms with Gasteiger partial charge in [-0.3, -0.25) is 0 Å². The molecule has 0 unspecified atom stereocenters. The number of hydrogen-bond donors (Lipinski definition) is 2. The Kier molecular flexibility index (Phi) is 2.35. The topological polar surface area (TPSA) is 115 Å². The van der Waals surface area contributed by atoms with Gasteiger partial charge in [0.25, 0.3) is 0 Å². The number of hydrogen-bond acceptors (Lipinski definition) is 6. The molecule has 2 heterocycles. The molecule has 0 aliphatic carbocycles. The van der Waals surface area contributed by atoms with Gasteiger partial charge in [-0.2, -0.15) is 9.97 Å². The van der Waals surface area contributed by atoms with Crippen LogP contribution in [0.2, 0.25) is 0 Å². The molecular formula is C8H9N5O2S. The van der Waals surface area contributed by atoms with Gasteiger partial charge < -0.3 is 10.7 Å². The highest BCUT2D eigenvalue weighted by molar-refractivity contribution is 7.91. The fraction of sp³-hybridized carbons (Fsp3) is 0.125. The Morgan fingerprint density at radius 2 is 2.25 bits per heavy atom. The van der Waals surface area contributed by atoms with Crippen molar-refractivity contribution in [2.75, 3.05) is 11.5 Å². The molecule has 7 nitrogen and oxygen atoms in total. The summed E-state index contributed by atoms with van der Waals surface area (Å²) in [6.07, 6.45) is 2.63. The predicted molar refractivity (Wildman–Crippen MR) is 58.3 cm³/mol. The van der Waals surface area contributed by atoms with Gasteiger partial charge in [0.2, 0.25) is 15.8 Å². The molecule has 84 valence electrons. The van der Waals surface area contributed by atoms with Crippen LogP contribution in [0.15, 0.2) is 24.0 Å². The number of H-pyrrole nitrogens is 1. The van der Waals surface area contributed by atoms with Crippen LogP contribution < -0.4 is 5.73 Å². The number of fused-ring (bicyclic) bond motifs is 1. The first-order valence-electron chi connectivity index (χ1n) is 4.35. The van der Waals surface area contributed by atoms with Crippen LogP contribution in [-0.2, 0) is 9.84 Å². The Morgan fingerprint density at radius 1 is 1.50 bits per heavy atom. The number of sulfone groups is 1. The minimum absolute atomic E-state index is 0.123. The quantitative estimate of drug-likeness (QED) is 0.570. The van der Waals surface area contributed by atoms with Crippen molar-refractivity contribution >= 4 is 26.9 Å². The van der Waals surface area contributed by atoms with Gasteiger partial charge in [-0.25, -0.2) is 13.4 Å². The Labute approximate surface area is 91.4 Å². The first kappa shape index (κ1) is 10.6. The van der Waals surface area contributed by atoms with Gasteiger partial charge in [-0.05, 0) is 0 Å². The van der Waals surface area contributed by atoms with Crippen molar-refractivity contribution in [2.45, 2.75) is 5.03 Å². The Morgan fingerprint density at radius 3 is 2.94 bits per heavy atom. The molecule has 2 aromatic rings. The molecule has 2 rings (SSSR count). The highest BCUT2D eigenvalue weighted by Gasteiger charge is 2.20. The van der Waals surface area contributed by atoms with E-state index in [2.05, 4.69) is 26.5 Å². The third-order valence-corrected chi connectivity index (χ3v) is 3.46. The summed E-state index contributed by atoms with van der Waals surface area (Å²) in [4.78, 5) is 14.0. The molecule has 2 aromatic heterocycles. The number of aromatic nitrogens is 4. The van der Waals surface area contributed by atoms with E-state index >= 15 is 0 Å². The van der Waals surface area contributed by atoms with Crippen molar-refractivity contribution in [3.63, 3.8) is 0 Å². The van der Waals surface area contributed by atoms with Gasteiger partial charge in [-0.1, -0.05) is 6.08 Å². The molecule has 0 aromatic carbocycles. The van der Waals surface area contributed by atoms with Crippen LogP contribution in [0.4, 0.5) is 5.95 Å². The second-order valence-electron chi connectivity index (χ2n) is 3.06. The van der Waals surface area contributed by atoms with E-state index in [-0.39, 0.29) is 27.9 Å². The Bertz CT molecular complexity index is 645. The second-order valence-corrected chi connectivity index (χ2v) is 5.01. The zero-order valence-corrected chi connectivity index (χ0v) is 9.03. The number of nitrogens with one attached hydrogen (secondary N) is 1. The highest BCUT2D eigenvalue weighted by Crippen LogP contribution is 2.18. The number of nitrogens with zero attached hydrogens (tertiary/aromatic N) is 3. The van der Waals surface area contributed by atoms with Gasteiger partial charge in [0.15, 0.2) is 10.7 Å². The van der Waals surface area contributed by atoms with Crippen molar-refractivity contribution in [1.82, 2.24) is 19.9 Å². The zero-order valence-electron chi connectivity index (χ0n) is 8.21. The average molecular weight is 239 g/mol. The first-order chi connectivity index (χ1) is 7.54. The van der Waals surface area contributed by atoms with Crippen molar-refractivity contribution in [3.8, 4) is 0 Å². The molecule has 0 radical (unpaired) electrons. The van der Waals surface area contributed by atoms with Crippen LogP contribution >= 0.6 is 0 Å². The highest BCUT2D eigenvalue weighted by atomic mass is 32.2. The van der Waals surface area contributed by atoms with E-state index in [4.69, 9.17) is 5.73 Å². The van der Waals surface area contributed by atoms with Crippen LogP contribution in [-0.4, -0.2) is 34.1 Å². The van der Waals surface area contributed by atoms with Crippen molar-refractivity contribution < 1.29 is 8.42 Å². The van der Waals surface area contributed by atoms with Crippen molar-refractivity contribution in [3.05, 3.63) is 19.0 Å². The van der Waals surface area contributed by atoms with E-state index in [0.29, 0.717) is 0 Å². The van der Waals surface area contributed by atoms with Gasteiger partial charge >= 0.3 is 0 Å². The van der Waals surface area contributed by atoms with E-state index in [1.807, 2.05) is 0 Å². The lowest BCUT2D eigenvalue weighted by atomic mass is 10.5. The molecule has 16 heavy (non-hydrogen) atoms. The third kappa shape index (κ3) is 1.63. The number of nitrogen functional groups attached to an aromatic ring is 1. The number of anilines is 1. The molecule has 8 heteroatoms. The van der Waals surface area contributed by atoms with Crippen molar-refractivity contribution in [1.29, 1.82) is 0 Å². The maximum absolute atomic E-state index is 11.8. The lowest BCUT2D eigenvalue weighted by molar-refractivity contribution is 0.596. The van der Waals surface area contributed by atoms with Gasteiger partial charge in [0.05, 0.1) is 12.1 Å². The molecule has 0 aliphatic rings. The summed E-state index contributed by atoms with van der Waals surface area (Å²) in [6.45, 7) is 3.38. The molecular weight excluding hydrogens is 230 g/mol. The number of aromatic amines is 1. The number of rotatable bonds is 3. The van der Waals surface area contributed by atoms with Crippen LogP contribution in [0.1, 0.15) is 0 Å². The normalized spacial score (nSPS) is 11.8. The first-order valence-corrected chi connectivity index (χ1v) is 6.00. The smallest absolute Gasteiger partial charge is 0.223 e. The minimum Gasteiger partial charge on any atom is -0.368 e. The molecule has 0 fully saturated rings. The maximum atomic E-state index is 11.8. The van der Waals surface area contributed by atoms with E-state index in [9.17, 15) is 8.42 Å². The van der Waals surface area contributed by atoms with E-state index in [0.717, 1.165) is 0 Å². The van der Waals surface area contributed by atoms with Crippen LogP contribution in [0.25, 0.3) is 11.2 Å². The Hall–Kier alpha value is -1.96. The fourth-order valence-corrected chi connectivity index (χ4v) is 2.44. The van der Waals surface area contributed by atoms with Gasteiger partial charge in [-0.15, -0.1) is 6.58 Å². The van der Waals surface area contributed by atoms with E-state index < -0.39 is 9.84 Å². The average Bonchev–Trinajstić information content (AvgIpc) is 2.63. The largest absolute Gasteiger partial charge is 0.368 e. The van der Waals surface area contributed by atoms with Crippen LogP contribution in [0.3, 0.4) is 0 Å². The molecule has 0 amide bonds. The summed E-state index contributed by atoms with van der Waals surface area (Å²) < 4.78 is 23.7. The molecule has 3 N–H and O–H groups in total. The van der Waals surface area contributed by atoms with Gasteiger partial charge in [0.1, 0.15) is 5.52 Å². The standard InChI is InChI=1S/C8H9N5O2S/c1-2-3-16(14,15)7-5-6(11-4-10-5)12-8(9)13-7/h2,4H,1,3H2,(H3,9,10,11,12,13). The molecule has 0 atom stereocenters. The van der Waals surface area contributed by atoms with Gasteiger partial charge in [0, 0.05) is 0 Å². The minimum atomic E-state index is -3.55. The Balaban J connectivity index is 2.77. The predicted octanol–water partition coefficient (Wildman–Crippen LogP) is -0.105. The number of nitrogens with two attached hydrogens (primary N) is 1. The van der Waals surface area contributed by atoms with E-state index in [1.54, 1.807) is 0 Å². The van der Waals surface area contributed by atoms with Crippen LogP contribution in [0.5, 0.6) is 0 Å². The summed E-state index contributed by atoms with van der Waals surface area (Å²) >= 11 is 0.